The predicted octanol–water partition coefficient (Wildman–Crippen LogP) is 4.40. The van der Waals surface area contributed by atoms with Gasteiger partial charge in [0, 0.05) is 12.1 Å². The molecule has 3 rings (SSSR count). The smallest absolute Gasteiger partial charge is 0.416 e. The van der Waals surface area contributed by atoms with Gasteiger partial charge in [0.15, 0.2) is 17.6 Å². The third-order valence-corrected chi connectivity index (χ3v) is 4.21. The van der Waals surface area contributed by atoms with Crippen LogP contribution >= 0.6 is 0 Å². The van der Waals surface area contributed by atoms with Crippen LogP contribution in [0.15, 0.2) is 48.5 Å². The van der Waals surface area contributed by atoms with Gasteiger partial charge < -0.3 is 14.4 Å². The van der Waals surface area contributed by atoms with Crippen molar-refractivity contribution >= 4 is 5.91 Å². The summed E-state index contributed by atoms with van der Waals surface area (Å²) in [5, 5.41) is 0. The van der Waals surface area contributed by atoms with Crippen molar-refractivity contribution in [2.75, 3.05) is 19.7 Å². The Labute approximate surface area is 155 Å². The van der Waals surface area contributed by atoms with Crippen molar-refractivity contribution in [1.82, 2.24) is 4.90 Å². The lowest BCUT2D eigenvalue weighted by Gasteiger charge is -2.31. The van der Waals surface area contributed by atoms with Gasteiger partial charge in [0.25, 0.3) is 5.91 Å². The third kappa shape index (κ3) is 4.53. The Kier molecular flexibility index (Phi) is 5.58. The monoisotopic (exact) mass is 379 g/mol. The van der Waals surface area contributed by atoms with Gasteiger partial charge in [-0.05, 0) is 36.8 Å². The number of hydrogen-bond donors (Lipinski definition) is 0. The van der Waals surface area contributed by atoms with Crippen molar-refractivity contribution in [3.63, 3.8) is 0 Å². The highest BCUT2D eigenvalue weighted by atomic mass is 19.4. The van der Waals surface area contributed by atoms with Crippen LogP contribution < -0.4 is 9.47 Å². The average molecular weight is 379 g/mol. The second-order valence-electron chi connectivity index (χ2n) is 6.33. The summed E-state index contributed by atoms with van der Waals surface area (Å²) in [5.41, 5.74) is -0.827. The fourth-order valence-corrected chi connectivity index (χ4v) is 2.96. The molecule has 1 unspecified atom stereocenters. The molecule has 0 spiro atoms. The van der Waals surface area contributed by atoms with E-state index < -0.39 is 17.6 Å². The van der Waals surface area contributed by atoms with Crippen LogP contribution in [0.2, 0.25) is 0 Å². The maximum absolute atomic E-state index is 12.9. The summed E-state index contributed by atoms with van der Waals surface area (Å²) in [7, 11) is 0. The highest BCUT2D eigenvalue weighted by Crippen LogP contribution is 2.32. The van der Waals surface area contributed by atoms with Gasteiger partial charge in [0.1, 0.15) is 6.61 Å². The summed E-state index contributed by atoms with van der Waals surface area (Å²) < 4.78 is 50.3. The number of amides is 1. The molecule has 27 heavy (non-hydrogen) atoms. The number of halogens is 3. The molecule has 2 aromatic rings. The summed E-state index contributed by atoms with van der Waals surface area (Å²) in [6, 6.07) is 11.7. The Morgan fingerprint density at radius 3 is 2.59 bits per heavy atom. The number of carbonyl (C=O) groups excluding carboxylic acids is 1. The molecule has 1 aliphatic rings. The fraction of sp³-hybridized carbons (Fsp3) is 0.350. The summed E-state index contributed by atoms with van der Waals surface area (Å²) in [4.78, 5) is 14.3. The highest BCUT2D eigenvalue weighted by molar-refractivity contribution is 5.94. The van der Waals surface area contributed by atoms with Gasteiger partial charge in [0.2, 0.25) is 0 Å². The van der Waals surface area contributed by atoms with Gasteiger partial charge in [0.05, 0.1) is 12.1 Å². The number of ether oxygens (including phenoxy) is 2. The molecular formula is C20H20F3NO3. The van der Waals surface area contributed by atoms with E-state index in [9.17, 15) is 18.0 Å². The molecule has 1 atom stereocenters. The lowest BCUT2D eigenvalue weighted by atomic mass is 10.1. The molecule has 0 bridgehead atoms. The van der Waals surface area contributed by atoms with Crippen LogP contribution in [0.5, 0.6) is 11.5 Å². The number of alkyl halides is 3. The first-order valence-electron chi connectivity index (χ1n) is 8.73. The fourth-order valence-electron chi connectivity index (χ4n) is 2.96. The van der Waals surface area contributed by atoms with Crippen LogP contribution in [0.25, 0.3) is 0 Å². The first-order valence-corrected chi connectivity index (χ1v) is 8.73. The molecule has 7 heteroatoms. The zero-order valence-corrected chi connectivity index (χ0v) is 14.8. The normalized spacial score (nSPS) is 16.1. The second-order valence-corrected chi connectivity index (χ2v) is 6.33. The quantitative estimate of drug-likeness (QED) is 0.773. The molecule has 1 aliphatic heterocycles. The highest BCUT2D eigenvalue weighted by Gasteiger charge is 2.32. The third-order valence-electron chi connectivity index (χ3n) is 4.21. The topological polar surface area (TPSA) is 38.8 Å². The largest absolute Gasteiger partial charge is 0.486 e. The van der Waals surface area contributed by atoms with Crippen molar-refractivity contribution in [1.29, 1.82) is 0 Å². The van der Waals surface area contributed by atoms with E-state index in [0.29, 0.717) is 24.5 Å². The van der Waals surface area contributed by atoms with E-state index in [1.807, 2.05) is 19.1 Å². The Balaban J connectivity index is 1.75. The van der Waals surface area contributed by atoms with E-state index in [-0.39, 0.29) is 24.8 Å². The number of nitrogens with zero attached hydrogens (tertiary/aromatic N) is 1. The number of rotatable bonds is 5. The van der Waals surface area contributed by atoms with Gasteiger partial charge in [-0.2, -0.15) is 13.2 Å². The predicted molar refractivity (Wildman–Crippen MR) is 94.0 cm³/mol. The first kappa shape index (κ1) is 19.1. The van der Waals surface area contributed by atoms with E-state index in [4.69, 9.17) is 9.47 Å². The minimum atomic E-state index is -4.49. The molecule has 0 saturated carbocycles. The molecule has 0 aromatic heterocycles. The molecule has 4 nitrogen and oxygen atoms in total. The van der Waals surface area contributed by atoms with Crippen LogP contribution in [-0.4, -0.2) is 36.6 Å². The second kappa shape index (κ2) is 7.90. The Hall–Kier alpha value is -2.70. The molecule has 1 amide bonds. The average Bonchev–Trinajstić information content (AvgIpc) is 2.66. The van der Waals surface area contributed by atoms with E-state index in [2.05, 4.69) is 0 Å². The Morgan fingerprint density at radius 2 is 1.89 bits per heavy atom. The molecule has 0 fully saturated rings. The minimum absolute atomic E-state index is 0.00963. The summed E-state index contributed by atoms with van der Waals surface area (Å²) >= 11 is 0. The number of hydrogen-bond acceptors (Lipinski definition) is 3. The Morgan fingerprint density at radius 1 is 1.15 bits per heavy atom. The SMILES string of the molecule is CCCN(CC1COc2ccccc2O1)C(=O)c1cccc(C(F)(F)F)c1. The molecule has 1 heterocycles. The minimum Gasteiger partial charge on any atom is -0.486 e. The number of fused-ring (bicyclic) bond motifs is 1. The lowest BCUT2D eigenvalue weighted by molar-refractivity contribution is -0.137. The van der Waals surface area contributed by atoms with Crippen LogP contribution in [0, 0.1) is 0 Å². The lowest BCUT2D eigenvalue weighted by Crippen LogP contribution is -2.44. The van der Waals surface area contributed by atoms with Crippen LogP contribution in [0.3, 0.4) is 0 Å². The summed E-state index contributed by atoms with van der Waals surface area (Å²) in [6.45, 7) is 2.82. The van der Waals surface area contributed by atoms with Gasteiger partial charge >= 0.3 is 6.18 Å². The maximum atomic E-state index is 12.9. The molecule has 0 N–H and O–H groups in total. The van der Waals surface area contributed by atoms with Crippen LogP contribution in [-0.2, 0) is 6.18 Å². The molecule has 0 aliphatic carbocycles. The maximum Gasteiger partial charge on any atom is 0.416 e. The van der Waals surface area contributed by atoms with E-state index >= 15 is 0 Å². The standard InChI is InChI=1S/C20H20F3NO3/c1-2-10-24(12-16-13-26-17-8-3-4-9-18(17)27-16)19(25)14-6-5-7-15(11-14)20(21,22)23/h3-9,11,16H,2,10,12-13H2,1H3. The molecular weight excluding hydrogens is 359 g/mol. The van der Waals surface area contributed by atoms with Gasteiger partial charge in [-0.1, -0.05) is 25.1 Å². The number of carbonyl (C=O) groups is 1. The van der Waals surface area contributed by atoms with E-state index in [1.165, 1.54) is 17.0 Å². The van der Waals surface area contributed by atoms with Gasteiger partial charge in [-0.25, -0.2) is 0 Å². The first-order chi connectivity index (χ1) is 12.9. The molecule has 2 aromatic carbocycles. The van der Waals surface area contributed by atoms with Gasteiger partial charge in [-0.3, -0.25) is 4.79 Å². The van der Waals surface area contributed by atoms with Gasteiger partial charge in [-0.15, -0.1) is 0 Å². The van der Waals surface area contributed by atoms with Crippen molar-refractivity contribution in [3.05, 3.63) is 59.7 Å². The zero-order valence-electron chi connectivity index (χ0n) is 14.8. The summed E-state index contributed by atoms with van der Waals surface area (Å²) in [6.07, 6.45) is -4.20. The van der Waals surface area contributed by atoms with Crippen molar-refractivity contribution in [2.24, 2.45) is 0 Å². The van der Waals surface area contributed by atoms with Crippen LogP contribution in [0.1, 0.15) is 29.3 Å². The summed E-state index contributed by atoms with van der Waals surface area (Å²) in [5.74, 6) is 0.780. The van der Waals surface area contributed by atoms with E-state index in [1.54, 1.807) is 12.1 Å². The van der Waals surface area contributed by atoms with Crippen molar-refractivity contribution in [2.45, 2.75) is 25.6 Å². The van der Waals surface area contributed by atoms with Crippen molar-refractivity contribution < 1.29 is 27.4 Å². The molecule has 0 radical (unpaired) electrons. The number of para-hydroxylation sites is 2. The Bertz CT molecular complexity index is 807. The molecule has 144 valence electrons. The van der Waals surface area contributed by atoms with Crippen molar-refractivity contribution in [3.8, 4) is 11.5 Å². The number of benzene rings is 2. The molecule has 0 saturated heterocycles. The van der Waals surface area contributed by atoms with Crippen LogP contribution in [0.4, 0.5) is 13.2 Å². The van der Waals surface area contributed by atoms with E-state index in [0.717, 1.165) is 12.1 Å². The zero-order chi connectivity index (χ0) is 19.4.